The summed E-state index contributed by atoms with van der Waals surface area (Å²) in [5, 5.41) is 7.42. The lowest BCUT2D eigenvalue weighted by Gasteiger charge is -2.26. The molecule has 3 heteroatoms. The maximum Gasteiger partial charge on any atom is 0.159 e. The van der Waals surface area contributed by atoms with Gasteiger partial charge in [0.2, 0.25) is 0 Å². The molecule has 10 aromatic rings. The van der Waals surface area contributed by atoms with E-state index in [1.165, 1.54) is 53.2 Å². The summed E-state index contributed by atoms with van der Waals surface area (Å²) in [5.74, 6) is 0. The number of rotatable bonds is 5. The minimum absolute atomic E-state index is 0.877. The standard InChI is InChI=1S/C46H29NOS/c1-2-9-30(10-3-1)31-19-23-36(24-20-31)47(42-14-8-13-40-38-11-4-6-15-43(38)48-46(40)42)37-25-21-32(22-26-37)33-17-18-34-29-45-41(28-35(34)27-33)39-12-5-7-16-44(39)49-45/h1-29H. The van der Waals surface area contributed by atoms with Gasteiger partial charge in [-0.05, 0) is 93.7 Å². The minimum atomic E-state index is 0.877. The monoisotopic (exact) mass is 643 g/mol. The fourth-order valence-electron chi connectivity index (χ4n) is 7.22. The molecule has 0 amide bonds. The second kappa shape index (κ2) is 11.2. The van der Waals surface area contributed by atoms with Gasteiger partial charge in [-0.1, -0.05) is 115 Å². The highest BCUT2D eigenvalue weighted by atomic mass is 32.1. The number of nitrogens with zero attached hydrogens (tertiary/aromatic N) is 1. The smallest absolute Gasteiger partial charge is 0.159 e. The van der Waals surface area contributed by atoms with E-state index in [9.17, 15) is 0 Å². The van der Waals surface area contributed by atoms with E-state index in [2.05, 4.69) is 169 Å². The Hall–Kier alpha value is -6.16. The predicted octanol–water partition coefficient (Wildman–Crippen LogP) is 13.9. The van der Waals surface area contributed by atoms with Gasteiger partial charge in [-0.25, -0.2) is 0 Å². The number of hydrogen-bond donors (Lipinski definition) is 0. The van der Waals surface area contributed by atoms with Crippen molar-refractivity contribution in [1.82, 2.24) is 0 Å². The fourth-order valence-corrected chi connectivity index (χ4v) is 8.36. The van der Waals surface area contributed by atoms with Crippen LogP contribution < -0.4 is 4.90 Å². The number of furan rings is 1. The van der Waals surface area contributed by atoms with Crippen molar-refractivity contribution in [2.24, 2.45) is 0 Å². The van der Waals surface area contributed by atoms with Gasteiger partial charge in [-0.15, -0.1) is 11.3 Å². The lowest BCUT2D eigenvalue weighted by atomic mass is 9.99. The third-order valence-corrected chi connectivity index (χ3v) is 10.8. The van der Waals surface area contributed by atoms with E-state index in [0.717, 1.165) is 39.0 Å². The molecular weight excluding hydrogens is 615 g/mol. The van der Waals surface area contributed by atoms with Crippen LogP contribution in [0.3, 0.4) is 0 Å². The maximum atomic E-state index is 6.55. The number of para-hydroxylation sites is 2. The molecule has 0 unspecified atom stereocenters. The van der Waals surface area contributed by atoms with Crippen LogP contribution in [0.5, 0.6) is 0 Å². The summed E-state index contributed by atoms with van der Waals surface area (Å²) in [4.78, 5) is 2.31. The van der Waals surface area contributed by atoms with Crippen molar-refractivity contribution in [3.05, 3.63) is 176 Å². The molecule has 0 radical (unpaired) electrons. The summed E-state index contributed by atoms with van der Waals surface area (Å²) in [6, 6.07) is 63.2. The molecule has 230 valence electrons. The second-order valence-corrected chi connectivity index (χ2v) is 13.6. The molecule has 0 N–H and O–H groups in total. The maximum absolute atomic E-state index is 6.55. The third-order valence-electron chi connectivity index (χ3n) is 9.65. The number of hydrogen-bond acceptors (Lipinski definition) is 3. The Morgan fingerprint density at radius 3 is 1.82 bits per heavy atom. The minimum Gasteiger partial charge on any atom is -0.454 e. The predicted molar refractivity (Wildman–Crippen MR) is 210 cm³/mol. The first-order chi connectivity index (χ1) is 24.3. The quantitative estimate of drug-likeness (QED) is 0.186. The molecule has 2 aromatic heterocycles. The Balaban J connectivity index is 1.08. The van der Waals surface area contributed by atoms with Crippen LogP contribution in [0.15, 0.2) is 180 Å². The van der Waals surface area contributed by atoms with Gasteiger partial charge in [0.25, 0.3) is 0 Å². The average molecular weight is 644 g/mol. The summed E-state index contributed by atoms with van der Waals surface area (Å²) in [7, 11) is 0. The fraction of sp³-hybridized carbons (Fsp3) is 0. The van der Waals surface area contributed by atoms with E-state index < -0.39 is 0 Å². The first-order valence-corrected chi connectivity index (χ1v) is 17.4. The van der Waals surface area contributed by atoms with Gasteiger partial charge < -0.3 is 9.32 Å². The van der Waals surface area contributed by atoms with E-state index in [4.69, 9.17) is 4.42 Å². The van der Waals surface area contributed by atoms with E-state index in [0.29, 0.717) is 0 Å². The van der Waals surface area contributed by atoms with E-state index >= 15 is 0 Å². The number of anilines is 3. The van der Waals surface area contributed by atoms with Crippen molar-refractivity contribution in [2.75, 3.05) is 4.90 Å². The lowest BCUT2D eigenvalue weighted by Crippen LogP contribution is -2.10. The van der Waals surface area contributed by atoms with Crippen LogP contribution >= 0.6 is 11.3 Å². The topological polar surface area (TPSA) is 16.4 Å². The molecule has 8 aromatic carbocycles. The zero-order chi connectivity index (χ0) is 32.3. The molecule has 2 heterocycles. The SMILES string of the molecule is c1ccc(-c2ccc(N(c3ccc(-c4ccc5cc6sc7ccccc7c6cc5c4)cc3)c3cccc4c3oc3ccccc34)cc2)cc1. The van der Waals surface area contributed by atoms with Crippen LogP contribution in [-0.4, -0.2) is 0 Å². The number of benzene rings is 8. The Morgan fingerprint density at radius 1 is 0.388 bits per heavy atom. The highest BCUT2D eigenvalue weighted by Crippen LogP contribution is 2.43. The molecule has 0 fully saturated rings. The molecular formula is C46H29NOS. The van der Waals surface area contributed by atoms with Crippen molar-refractivity contribution >= 4 is 81.3 Å². The van der Waals surface area contributed by atoms with Gasteiger partial charge in [-0.2, -0.15) is 0 Å². The summed E-state index contributed by atoms with van der Waals surface area (Å²) in [6.07, 6.45) is 0. The lowest BCUT2D eigenvalue weighted by molar-refractivity contribution is 0.669. The summed E-state index contributed by atoms with van der Waals surface area (Å²) in [5.41, 5.74) is 9.68. The summed E-state index contributed by atoms with van der Waals surface area (Å²) < 4.78 is 9.21. The highest BCUT2D eigenvalue weighted by Gasteiger charge is 2.19. The third kappa shape index (κ3) is 4.70. The van der Waals surface area contributed by atoms with Gasteiger partial charge in [-0.3, -0.25) is 0 Å². The molecule has 0 aliphatic carbocycles. The van der Waals surface area contributed by atoms with E-state index in [-0.39, 0.29) is 0 Å². The van der Waals surface area contributed by atoms with Gasteiger partial charge in [0, 0.05) is 42.3 Å². The highest BCUT2D eigenvalue weighted by molar-refractivity contribution is 7.25. The first kappa shape index (κ1) is 27.9. The van der Waals surface area contributed by atoms with Crippen molar-refractivity contribution in [3.63, 3.8) is 0 Å². The largest absolute Gasteiger partial charge is 0.454 e. The molecule has 0 saturated heterocycles. The summed E-state index contributed by atoms with van der Waals surface area (Å²) >= 11 is 1.87. The summed E-state index contributed by atoms with van der Waals surface area (Å²) in [6.45, 7) is 0. The molecule has 0 atom stereocenters. The molecule has 0 spiro atoms. The van der Waals surface area contributed by atoms with Crippen LogP contribution in [0.4, 0.5) is 17.1 Å². The molecule has 0 bridgehead atoms. The van der Waals surface area contributed by atoms with Crippen molar-refractivity contribution in [3.8, 4) is 22.3 Å². The van der Waals surface area contributed by atoms with Gasteiger partial charge >= 0.3 is 0 Å². The molecule has 0 aliphatic heterocycles. The Morgan fingerprint density at radius 2 is 1.02 bits per heavy atom. The van der Waals surface area contributed by atoms with E-state index in [1.807, 2.05) is 23.5 Å². The number of thiophene rings is 1. The molecule has 10 rings (SSSR count). The number of fused-ring (bicyclic) bond motifs is 7. The van der Waals surface area contributed by atoms with Gasteiger partial charge in [0.1, 0.15) is 5.58 Å². The van der Waals surface area contributed by atoms with Crippen LogP contribution in [0.2, 0.25) is 0 Å². The zero-order valence-corrected chi connectivity index (χ0v) is 27.3. The van der Waals surface area contributed by atoms with E-state index in [1.54, 1.807) is 0 Å². The van der Waals surface area contributed by atoms with Crippen molar-refractivity contribution < 1.29 is 4.42 Å². The Kier molecular flexibility index (Phi) is 6.39. The van der Waals surface area contributed by atoms with Crippen LogP contribution in [0.1, 0.15) is 0 Å². The second-order valence-electron chi connectivity index (χ2n) is 12.6. The van der Waals surface area contributed by atoms with Gasteiger partial charge in [0.05, 0.1) is 5.69 Å². The van der Waals surface area contributed by atoms with Crippen LogP contribution in [0, 0.1) is 0 Å². The average Bonchev–Trinajstić information content (AvgIpc) is 3.73. The molecule has 49 heavy (non-hydrogen) atoms. The Labute approximate surface area is 287 Å². The first-order valence-electron chi connectivity index (χ1n) is 16.6. The Bertz CT molecular complexity index is 2810. The molecule has 0 aliphatic rings. The molecule has 0 saturated carbocycles. The van der Waals surface area contributed by atoms with Crippen LogP contribution in [-0.2, 0) is 0 Å². The van der Waals surface area contributed by atoms with Crippen molar-refractivity contribution in [2.45, 2.75) is 0 Å². The normalized spacial score (nSPS) is 11.7. The van der Waals surface area contributed by atoms with Crippen LogP contribution in [0.25, 0.3) is 75.1 Å². The van der Waals surface area contributed by atoms with Crippen molar-refractivity contribution in [1.29, 1.82) is 0 Å². The zero-order valence-electron chi connectivity index (χ0n) is 26.5. The molecule has 2 nitrogen and oxygen atoms in total. The van der Waals surface area contributed by atoms with Gasteiger partial charge in [0.15, 0.2) is 5.58 Å².